The van der Waals surface area contributed by atoms with Crippen molar-refractivity contribution in [2.75, 3.05) is 18.0 Å². The molecule has 1 atom stereocenters. The number of likely N-dealkylation sites (N-methyl/N-ethyl adjacent to an activating group) is 1. The van der Waals surface area contributed by atoms with Crippen LogP contribution in [-0.2, 0) is 0 Å². The van der Waals surface area contributed by atoms with Gasteiger partial charge in [-0.3, -0.25) is 0 Å². The van der Waals surface area contributed by atoms with Gasteiger partial charge in [0.05, 0.1) is 6.10 Å². The van der Waals surface area contributed by atoms with E-state index in [1.165, 1.54) is 16.8 Å². The van der Waals surface area contributed by atoms with Gasteiger partial charge in [0, 0.05) is 18.8 Å². The molecule has 0 aliphatic carbocycles. The highest BCUT2D eigenvalue weighted by atomic mass is 16.3. The van der Waals surface area contributed by atoms with Crippen molar-refractivity contribution in [2.45, 2.75) is 33.8 Å². The summed E-state index contributed by atoms with van der Waals surface area (Å²) >= 11 is 0. The smallest absolute Gasteiger partial charge is 0.0967 e. The van der Waals surface area contributed by atoms with Crippen LogP contribution in [0.3, 0.4) is 0 Å². The van der Waals surface area contributed by atoms with Crippen LogP contribution in [0.1, 0.15) is 35.3 Å². The van der Waals surface area contributed by atoms with Crippen LogP contribution < -0.4 is 4.90 Å². The van der Waals surface area contributed by atoms with Gasteiger partial charge in [-0.2, -0.15) is 0 Å². The Kier molecular flexibility index (Phi) is 5.03. The maximum absolute atomic E-state index is 10.6. The van der Waals surface area contributed by atoms with Crippen molar-refractivity contribution < 1.29 is 5.11 Å². The van der Waals surface area contributed by atoms with Crippen LogP contribution in [0, 0.1) is 20.8 Å². The number of aryl methyl sites for hydroxylation is 3. The standard InChI is InChI=1S/C19H25NO/c1-5-20(18-9-7-6-8-16(18)4)13-19(21)17-12-14(2)10-11-15(17)3/h6-12,19,21H,5,13H2,1-4H3. The van der Waals surface area contributed by atoms with Gasteiger partial charge >= 0.3 is 0 Å². The van der Waals surface area contributed by atoms with E-state index < -0.39 is 6.10 Å². The summed E-state index contributed by atoms with van der Waals surface area (Å²) in [4.78, 5) is 2.24. The van der Waals surface area contributed by atoms with Crippen molar-refractivity contribution in [1.82, 2.24) is 0 Å². The molecular weight excluding hydrogens is 258 g/mol. The molecule has 21 heavy (non-hydrogen) atoms. The lowest BCUT2D eigenvalue weighted by Crippen LogP contribution is -2.29. The SMILES string of the molecule is CCN(CC(O)c1cc(C)ccc1C)c1ccccc1C. The molecule has 0 fully saturated rings. The molecule has 112 valence electrons. The van der Waals surface area contributed by atoms with Crippen LogP contribution in [0.2, 0.25) is 0 Å². The second kappa shape index (κ2) is 6.77. The predicted octanol–water partition coefficient (Wildman–Crippen LogP) is 4.17. The average Bonchev–Trinajstić information content (AvgIpc) is 2.48. The molecule has 0 aliphatic heterocycles. The van der Waals surface area contributed by atoms with Gasteiger partial charge in [0.15, 0.2) is 0 Å². The van der Waals surface area contributed by atoms with E-state index in [2.05, 4.69) is 69.0 Å². The Bertz CT molecular complexity index is 606. The summed E-state index contributed by atoms with van der Waals surface area (Å²) in [5.74, 6) is 0. The number of para-hydroxylation sites is 1. The highest BCUT2D eigenvalue weighted by Gasteiger charge is 2.16. The first kappa shape index (κ1) is 15.6. The molecule has 0 amide bonds. The lowest BCUT2D eigenvalue weighted by molar-refractivity contribution is 0.183. The zero-order valence-corrected chi connectivity index (χ0v) is 13.4. The molecule has 0 aliphatic rings. The number of benzene rings is 2. The van der Waals surface area contributed by atoms with E-state index in [9.17, 15) is 5.11 Å². The quantitative estimate of drug-likeness (QED) is 0.890. The minimum atomic E-state index is -0.468. The summed E-state index contributed by atoms with van der Waals surface area (Å²) in [6.07, 6.45) is -0.468. The Balaban J connectivity index is 2.22. The molecule has 1 unspecified atom stereocenters. The van der Waals surface area contributed by atoms with E-state index in [1.54, 1.807) is 0 Å². The molecule has 0 saturated heterocycles. The summed E-state index contributed by atoms with van der Waals surface area (Å²) in [6, 6.07) is 14.6. The van der Waals surface area contributed by atoms with Gasteiger partial charge in [0.1, 0.15) is 0 Å². The topological polar surface area (TPSA) is 23.5 Å². The first-order chi connectivity index (χ1) is 10.0. The zero-order chi connectivity index (χ0) is 15.4. The van der Waals surface area contributed by atoms with E-state index in [-0.39, 0.29) is 0 Å². The molecular formula is C19H25NO. The van der Waals surface area contributed by atoms with Gasteiger partial charge in [0.25, 0.3) is 0 Å². The fraction of sp³-hybridized carbons (Fsp3) is 0.368. The van der Waals surface area contributed by atoms with Gasteiger partial charge in [-0.15, -0.1) is 0 Å². The second-order valence-electron chi connectivity index (χ2n) is 5.70. The Morgan fingerprint density at radius 3 is 2.38 bits per heavy atom. The predicted molar refractivity (Wildman–Crippen MR) is 89.9 cm³/mol. The van der Waals surface area contributed by atoms with Crippen molar-refractivity contribution in [3.8, 4) is 0 Å². The third-order valence-corrected chi connectivity index (χ3v) is 4.02. The van der Waals surface area contributed by atoms with Crippen LogP contribution in [-0.4, -0.2) is 18.2 Å². The van der Waals surface area contributed by atoms with Crippen LogP contribution >= 0.6 is 0 Å². The maximum atomic E-state index is 10.6. The van der Waals surface area contributed by atoms with Crippen LogP contribution in [0.4, 0.5) is 5.69 Å². The largest absolute Gasteiger partial charge is 0.387 e. The average molecular weight is 283 g/mol. The summed E-state index contributed by atoms with van der Waals surface area (Å²) in [7, 11) is 0. The second-order valence-corrected chi connectivity index (χ2v) is 5.70. The highest BCUT2D eigenvalue weighted by Crippen LogP contribution is 2.25. The Labute approximate surface area is 128 Å². The Morgan fingerprint density at radius 2 is 1.71 bits per heavy atom. The lowest BCUT2D eigenvalue weighted by atomic mass is 10.00. The number of hydrogen-bond acceptors (Lipinski definition) is 2. The molecule has 0 spiro atoms. The number of aliphatic hydroxyl groups is 1. The molecule has 0 saturated carbocycles. The minimum Gasteiger partial charge on any atom is -0.387 e. The number of rotatable bonds is 5. The molecule has 0 aromatic heterocycles. The number of anilines is 1. The Morgan fingerprint density at radius 1 is 1.00 bits per heavy atom. The Hall–Kier alpha value is -1.80. The lowest BCUT2D eigenvalue weighted by Gasteiger charge is -2.28. The van der Waals surface area contributed by atoms with Gasteiger partial charge in [-0.25, -0.2) is 0 Å². The summed E-state index contributed by atoms with van der Waals surface area (Å²) in [6.45, 7) is 9.86. The molecule has 1 N–H and O–H groups in total. The fourth-order valence-corrected chi connectivity index (χ4v) is 2.74. The molecule has 2 aromatic carbocycles. The van der Waals surface area contributed by atoms with Crippen molar-refractivity contribution in [2.24, 2.45) is 0 Å². The highest BCUT2D eigenvalue weighted by molar-refractivity contribution is 5.53. The van der Waals surface area contributed by atoms with Crippen LogP contribution in [0.5, 0.6) is 0 Å². The van der Waals surface area contributed by atoms with Gasteiger partial charge in [-0.05, 0) is 50.5 Å². The van der Waals surface area contributed by atoms with E-state index in [4.69, 9.17) is 0 Å². The van der Waals surface area contributed by atoms with E-state index in [1.807, 2.05) is 6.07 Å². The van der Waals surface area contributed by atoms with Crippen molar-refractivity contribution in [3.05, 3.63) is 64.7 Å². The van der Waals surface area contributed by atoms with Gasteiger partial charge in [-0.1, -0.05) is 42.0 Å². The molecule has 2 nitrogen and oxygen atoms in total. The summed E-state index contributed by atoms with van der Waals surface area (Å²) in [5, 5.41) is 10.6. The monoisotopic (exact) mass is 283 g/mol. The number of aliphatic hydroxyl groups excluding tert-OH is 1. The molecule has 0 bridgehead atoms. The minimum absolute atomic E-state index is 0.468. The van der Waals surface area contributed by atoms with Crippen LogP contribution in [0.15, 0.2) is 42.5 Å². The van der Waals surface area contributed by atoms with Crippen molar-refractivity contribution >= 4 is 5.69 Å². The molecule has 0 radical (unpaired) electrons. The third-order valence-electron chi connectivity index (χ3n) is 4.02. The zero-order valence-electron chi connectivity index (χ0n) is 13.4. The first-order valence-corrected chi connectivity index (χ1v) is 7.58. The van der Waals surface area contributed by atoms with Crippen LogP contribution in [0.25, 0.3) is 0 Å². The van der Waals surface area contributed by atoms with Gasteiger partial charge < -0.3 is 10.0 Å². The fourth-order valence-electron chi connectivity index (χ4n) is 2.74. The van der Waals surface area contributed by atoms with Gasteiger partial charge in [0.2, 0.25) is 0 Å². The number of hydrogen-bond donors (Lipinski definition) is 1. The molecule has 2 aromatic rings. The van der Waals surface area contributed by atoms with E-state index in [0.29, 0.717) is 6.54 Å². The van der Waals surface area contributed by atoms with E-state index in [0.717, 1.165) is 17.7 Å². The molecule has 0 heterocycles. The molecule has 2 heteroatoms. The maximum Gasteiger partial charge on any atom is 0.0967 e. The summed E-state index contributed by atoms with van der Waals surface area (Å²) in [5.41, 5.74) is 5.81. The summed E-state index contributed by atoms with van der Waals surface area (Å²) < 4.78 is 0. The van der Waals surface area contributed by atoms with E-state index >= 15 is 0 Å². The molecule has 2 rings (SSSR count). The number of nitrogens with zero attached hydrogens (tertiary/aromatic N) is 1. The normalized spacial score (nSPS) is 12.2. The van der Waals surface area contributed by atoms with Crippen molar-refractivity contribution in [3.63, 3.8) is 0 Å². The third kappa shape index (κ3) is 3.64. The van der Waals surface area contributed by atoms with Crippen molar-refractivity contribution in [1.29, 1.82) is 0 Å². The first-order valence-electron chi connectivity index (χ1n) is 7.58.